The minimum atomic E-state index is -0.355. The molecule has 2 aliphatic rings. The smallest absolute Gasteiger partial charge is 0.280 e. The number of likely N-dealkylation sites (tertiary alicyclic amines) is 1. The van der Waals surface area contributed by atoms with Crippen molar-refractivity contribution in [3.8, 4) is 11.6 Å². The van der Waals surface area contributed by atoms with Gasteiger partial charge in [-0.2, -0.15) is 4.98 Å². The van der Waals surface area contributed by atoms with E-state index in [0.29, 0.717) is 41.7 Å². The number of piperidine rings is 1. The molecule has 5 rings (SSSR count). The van der Waals surface area contributed by atoms with Crippen molar-refractivity contribution in [1.29, 1.82) is 0 Å². The van der Waals surface area contributed by atoms with Gasteiger partial charge in [-0.1, -0.05) is 16.4 Å². The molecule has 150 valence electrons. The van der Waals surface area contributed by atoms with Gasteiger partial charge in [0.2, 0.25) is 0 Å². The molecule has 1 aromatic carbocycles. The number of carbonyl (C=O) groups is 1. The Morgan fingerprint density at radius 2 is 2.00 bits per heavy atom. The summed E-state index contributed by atoms with van der Waals surface area (Å²) < 4.78 is 20.9. The van der Waals surface area contributed by atoms with E-state index in [4.69, 9.17) is 4.52 Å². The molecule has 0 radical (unpaired) electrons. The summed E-state index contributed by atoms with van der Waals surface area (Å²) in [5.74, 6) is 1.07. The first-order chi connectivity index (χ1) is 14.1. The molecule has 0 unspecified atom stereocenters. The normalized spacial score (nSPS) is 17.7. The van der Waals surface area contributed by atoms with Crippen LogP contribution in [0.25, 0.3) is 11.6 Å². The van der Waals surface area contributed by atoms with Crippen LogP contribution in [0.1, 0.15) is 59.4 Å². The number of halogens is 1. The summed E-state index contributed by atoms with van der Waals surface area (Å²) in [5, 5.41) is 12.4. The number of benzene rings is 1. The SMILES string of the molecule is Cc1ccc(C(=O)N2CCC(n3cc(-c4nc(C5CC5)no4)nn3)CC2)cc1F. The molecule has 0 atom stereocenters. The van der Waals surface area contributed by atoms with E-state index in [2.05, 4.69) is 20.5 Å². The van der Waals surface area contributed by atoms with Crippen molar-refractivity contribution in [3.05, 3.63) is 47.2 Å². The van der Waals surface area contributed by atoms with Gasteiger partial charge in [0, 0.05) is 24.6 Å². The van der Waals surface area contributed by atoms with E-state index < -0.39 is 0 Å². The highest BCUT2D eigenvalue weighted by Gasteiger charge is 2.30. The number of nitrogens with zero attached hydrogens (tertiary/aromatic N) is 6. The summed E-state index contributed by atoms with van der Waals surface area (Å²) in [6, 6.07) is 4.77. The minimum absolute atomic E-state index is 0.139. The van der Waals surface area contributed by atoms with Crippen molar-refractivity contribution in [2.75, 3.05) is 13.1 Å². The lowest BCUT2D eigenvalue weighted by atomic mass is 10.0. The number of hydrogen-bond acceptors (Lipinski definition) is 6. The molecular formula is C20H21FN6O2. The van der Waals surface area contributed by atoms with Crippen molar-refractivity contribution in [2.45, 2.75) is 44.6 Å². The highest BCUT2D eigenvalue weighted by atomic mass is 19.1. The maximum atomic E-state index is 13.8. The third kappa shape index (κ3) is 3.52. The summed E-state index contributed by atoms with van der Waals surface area (Å²) in [4.78, 5) is 18.8. The summed E-state index contributed by atoms with van der Waals surface area (Å²) >= 11 is 0. The van der Waals surface area contributed by atoms with E-state index in [9.17, 15) is 9.18 Å². The Kier molecular flexibility index (Phi) is 4.37. The molecule has 1 aliphatic heterocycles. The van der Waals surface area contributed by atoms with Crippen molar-refractivity contribution in [3.63, 3.8) is 0 Å². The molecule has 2 fully saturated rings. The predicted molar refractivity (Wildman–Crippen MR) is 101 cm³/mol. The molecule has 1 saturated carbocycles. The van der Waals surface area contributed by atoms with E-state index in [1.807, 2.05) is 10.9 Å². The van der Waals surface area contributed by atoms with Gasteiger partial charge in [0.15, 0.2) is 11.5 Å². The zero-order chi connectivity index (χ0) is 20.0. The van der Waals surface area contributed by atoms with Crippen LogP contribution in [0, 0.1) is 12.7 Å². The lowest BCUT2D eigenvalue weighted by Gasteiger charge is -2.31. The van der Waals surface area contributed by atoms with Gasteiger partial charge >= 0.3 is 0 Å². The molecule has 9 heteroatoms. The van der Waals surface area contributed by atoms with E-state index in [0.717, 1.165) is 31.5 Å². The highest BCUT2D eigenvalue weighted by Crippen LogP contribution is 2.38. The molecule has 8 nitrogen and oxygen atoms in total. The maximum Gasteiger partial charge on any atom is 0.280 e. The first-order valence-corrected chi connectivity index (χ1v) is 9.90. The maximum absolute atomic E-state index is 13.8. The molecule has 3 aromatic rings. The van der Waals surface area contributed by atoms with Crippen molar-refractivity contribution < 1.29 is 13.7 Å². The first-order valence-electron chi connectivity index (χ1n) is 9.90. The van der Waals surface area contributed by atoms with Gasteiger partial charge in [-0.15, -0.1) is 5.10 Å². The largest absolute Gasteiger partial charge is 0.338 e. The fourth-order valence-electron chi connectivity index (χ4n) is 3.64. The lowest BCUT2D eigenvalue weighted by molar-refractivity contribution is 0.0688. The Morgan fingerprint density at radius 3 is 2.72 bits per heavy atom. The Balaban J connectivity index is 1.23. The van der Waals surface area contributed by atoms with Gasteiger partial charge in [0.05, 0.1) is 12.2 Å². The average molecular weight is 396 g/mol. The monoisotopic (exact) mass is 396 g/mol. The third-order valence-electron chi connectivity index (χ3n) is 5.66. The van der Waals surface area contributed by atoms with Crippen LogP contribution in [0.4, 0.5) is 4.39 Å². The molecule has 1 amide bonds. The molecule has 0 spiro atoms. The number of carbonyl (C=O) groups excluding carboxylic acids is 1. The fourth-order valence-corrected chi connectivity index (χ4v) is 3.64. The standard InChI is InChI=1S/C20H21FN6O2/c1-12-2-3-14(10-16(12)21)20(28)26-8-6-15(7-9-26)27-11-17(23-25-27)19-22-18(24-29-19)13-4-5-13/h2-3,10-11,13,15H,4-9H2,1H3. The highest BCUT2D eigenvalue weighted by molar-refractivity contribution is 5.94. The van der Waals surface area contributed by atoms with Crippen LogP contribution < -0.4 is 0 Å². The quantitative estimate of drug-likeness (QED) is 0.673. The van der Waals surface area contributed by atoms with Crippen molar-refractivity contribution >= 4 is 5.91 Å². The molecule has 1 saturated heterocycles. The van der Waals surface area contributed by atoms with E-state index >= 15 is 0 Å². The molecule has 2 aromatic heterocycles. The average Bonchev–Trinajstić information content (AvgIpc) is 3.27. The lowest BCUT2D eigenvalue weighted by Crippen LogP contribution is -2.39. The van der Waals surface area contributed by atoms with Crippen LogP contribution in [0.2, 0.25) is 0 Å². The van der Waals surface area contributed by atoms with Crippen LogP contribution in [0.5, 0.6) is 0 Å². The summed E-state index contributed by atoms with van der Waals surface area (Å²) in [6.07, 6.45) is 5.54. The summed E-state index contributed by atoms with van der Waals surface area (Å²) in [7, 11) is 0. The topological polar surface area (TPSA) is 89.9 Å². The zero-order valence-electron chi connectivity index (χ0n) is 16.1. The zero-order valence-corrected chi connectivity index (χ0v) is 16.1. The van der Waals surface area contributed by atoms with Gasteiger partial charge < -0.3 is 9.42 Å². The Bertz CT molecular complexity index is 1050. The van der Waals surface area contributed by atoms with Crippen molar-refractivity contribution in [1.82, 2.24) is 30.0 Å². The second kappa shape index (κ2) is 7.06. The molecule has 0 N–H and O–H groups in total. The van der Waals surface area contributed by atoms with E-state index in [1.54, 1.807) is 24.0 Å². The van der Waals surface area contributed by atoms with Gasteiger partial charge in [-0.25, -0.2) is 9.07 Å². The predicted octanol–water partition coefficient (Wildman–Crippen LogP) is 3.13. The van der Waals surface area contributed by atoms with E-state index in [-0.39, 0.29) is 17.8 Å². The number of rotatable bonds is 4. The number of hydrogen-bond donors (Lipinski definition) is 0. The first kappa shape index (κ1) is 18.0. The molecular weight excluding hydrogens is 375 g/mol. The van der Waals surface area contributed by atoms with E-state index in [1.165, 1.54) is 6.07 Å². The molecule has 29 heavy (non-hydrogen) atoms. The van der Waals surface area contributed by atoms with Crippen LogP contribution in [0.15, 0.2) is 28.9 Å². The molecule has 3 heterocycles. The Labute approximate surface area is 166 Å². The number of aromatic nitrogens is 5. The Morgan fingerprint density at radius 1 is 1.21 bits per heavy atom. The van der Waals surface area contributed by atoms with Gasteiger partial charge in [-0.3, -0.25) is 4.79 Å². The molecule has 1 aliphatic carbocycles. The number of aryl methyl sites for hydroxylation is 1. The molecule has 0 bridgehead atoms. The van der Waals surface area contributed by atoms with Crippen molar-refractivity contribution in [2.24, 2.45) is 0 Å². The summed E-state index contributed by atoms with van der Waals surface area (Å²) in [5.41, 5.74) is 1.49. The van der Waals surface area contributed by atoms with Gasteiger partial charge in [0.25, 0.3) is 11.8 Å². The van der Waals surface area contributed by atoms with Gasteiger partial charge in [-0.05, 0) is 50.3 Å². The third-order valence-corrected chi connectivity index (χ3v) is 5.66. The van der Waals surface area contributed by atoms with Crippen LogP contribution in [0.3, 0.4) is 0 Å². The summed E-state index contributed by atoms with van der Waals surface area (Å²) in [6.45, 7) is 2.85. The second-order valence-electron chi connectivity index (χ2n) is 7.80. The second-order valence-corrected chi connectivity index (χ2v) is 7.80. The van der Waals surface area contributed by atoms with Crippen LogP contribution in [-0.4, -0.2) is 49.0 Å². The fraction of sp³-hybridized carbons (Fsp3) is 0.450. The van der Waals surface area contributed by atoms with Crippen LogP contribution >= 0.6 is 0 Å². The van der Waals surface area contributed by atoms with Crippen LogP contribution in [-0.2, 0) is 0 Å². The van der Waals surface area contributed by atoms with Gasteiger partial charge in [0.1, 0.15) is 5.82 Å². The Hall–Kier alpha value is -3.10. The minimum Gasteiger partial charge on any atom is -0.338 e. The number of amides is 1.